The molecule has 1 unspecified atom stereocenters. The van der Waals surface area contributed by atoms with Gasteiger partial charge >= 0.3 is 5.97 Å². The summed E-state index contributed by atoms with van der Waals surface area (Å²) in [5.41, 5.74) is 4.55. The van der Waals surface area contributed by atoms with Gasteiger partial charge in [-0.15, -0.1) is 0 Å². The third-order valence-electron chi connectivity index (χ3n) is 5.01. The molecule has 0 bridgehead atoms. The van der Waals surface area contributed by atoms with Crippen LogP contribution in [0.4, 0.5) is 0 Å². The van der Waals surface area contributed by atoms with Gasteiger partial charge in [-0.2, -0.15) is 0 Å². The van der Waals surface area contributed by atoms with E-state index in [1.807, 2.05) is 6.07 Å². The van der Waals surface area contributed by atoms with Crippen LogP contribution in [0.15, 0.2) is 28.7 Å². The molecule has 2 heterocycles. The molecule has 0 saturated carbocycles. The summed E-state index contributed by atoms with van der Waals surface area (Å²) >= 11 is 0. The van der Waals surface area contributed by atoms with Gasteiger partial charge in [-0.1, -0.05) is 18.2 Å². The van der Waals surface area contributed by atoms with Crippen molar-refractivity contribution in [2.75, 3.05) is 13.7 Å². The standard InChI is InChI=1S/C20H25NO3/c1-13-7-8-16(10-14(13)2)19-6-5-9-21(19)12-17-11-18(15(3)24-17)20(22)23-4/h7-8,10-11,19H,5-6,9,12H2,1-4H3. The van der Waals surface area contributed by atoms with Crippen molar-refractivity contribution in [3.05, 3.63) is 58.0 Å². The molecule has 1 aromatic carbocycles. The highest BCUT2D eigenvalue weighted by Crippen LogP contribution is 2.34. The van der Waals surface area contributed by atoms with Crippen molar-refractivity contribution in [1.82, 2.24) is 4.90 Å². The summed E-state index contributed by atoms with van der Waals surface area (Å²) in [7, 11) is 1.39. The fraction of sp³-hybridized carbons (Fsp3) is 0.450. The van der Waals surface area contributed by atoms with Gasteiger partial charge in [0.15, 0.2) is 0 Å². The van der Waals surface area contributed by atoms with Crippen LogP contribution in [0.3, 0.4) is 0 Å². The van der Waals surface area contributed by atoms with Crippen LogP contribution in [0, 0.1) is 20.8 Å². The van der Waals surface area contributed by atoms with Gasteiger partial charge in [0.25, 0.3) is 0 Å². The molecular formula is C20H25NO3. The molecule has 1 fully saturated rings. The molecule has 128 valence electrons. The first kappa shape index (κ1) is 16.8. The van der Waals surface area contributed by atoms with E-state index >= 15 is 0 Å². The van der Waals surface area contributed by atoms with Crippen molar-refractivity contribution in [1.29, 1.82) is 0 Å². The Kier molecular flexibility index (Phi) is 4.76. The van der Waals surface area contributed by atoms with E-state index in [4.69, 9.17) is 9.15 Å². The molecule has 1 aliphatic heterocycles. The summed E-state index contributed by atoms with van der Waals surface area (Å²) in [6.07, 6.45) is 2.34. The number of rotatable bonds is 4. The van der Waals surface area contributed by atoms with Crippen LogP contribution in [0.2, 0.25) is 0 Å². The number of furan rings is 1. The Morgan fingerprint density at radius 1 is 1.25 bits per heavy atom. The Hall–Kier alpha value is -2.07. The highest BCUT2D eigenvalue weighted by atomic mass is 16.5. The van der Waals surface area contributed by atoms with E-state index in [-0.39, 0.29) is 5.97 Å². The van der Waals surface area contributed by atoms with E-state index < -0.39 is 0 Å². The lowest BCUT2D eigenvalue weighted by Crippen LogP contribution is -2.22. The fourth-order valence-corrected chi connectivity index (χ4v) is 3.50. The Balaban J connectivity index is 1.79. The number of methoxy groups -OCH3 is 1. The normalized spacial score (nSPS) is 18.1. The lowest BCUT2D eigenvalue weighted by atomic mass is 9.99. The van der Waals surface area contributed by atoms with E-state index in [0.717, 1.165) is 25.3 Å². The Morgan fingerprint density at radius 2 is 2.04 bits per heavy atom. The van der Waals surface area contributed by atoms with Crippen LogP contribution >= 0.6 is 0 Å². The van der Waals surface area contributed by atoms with Crippen molar-refractivity contribution in [2.24, 2.45) is 0 Å². The molecule has 0 amide bonds. The summed E-state index contributed by atoms with van der Waals surface area (Å²) in [5.74, 6) is 1.11. The van der Waals surface area contributed by atoms with Gasteiger partial charge in [0.05, 0.1) is 13.7 Å². The zero-order chi connectivity index (χ0) is 17.3. The Labute approximate surface area is 143 Å². The highest BCUT2D eigenvalue weighted by Gasteiger charge is 2.27. The predicted molar refractivity (Wildman–Crippen MR) is 93.1 cm³/mol. The highest BCUT2D eigenvalue weighted by molar-refractivity contribution is 5.90. The molecule has 24 heavy (non-hydrogen) atoms. The first-order valence-electron chi connectivity index (χ1n) is 8.48. The molecule has 0 radical (unpaired) electrons. The number of hydrogen-bond donors (Lipinski definition) is 0. The predicted octanol–water partition coefficient (Wildman–Crippen LogP) is 4.33. The van der Waals surface area contributed by atoms with Gasteiger partial charge in [-0.3, -0.25) is 4.90 Å². The van der Waals surface area contributed by atoms with Gasteiger partial charge in [0.1, 0.15) is 17.1 Å². The molecule has 4 nitrogen and oxygen atoms in total. The summed E-state index contributed by atoms with van der Waals surface area (Å²) < 4.78 is 10.6. The SMILES string of the molecule is COC(=O)c1cc(CN2CCCC2c2ccc(C)c(C)c2)oc1C. The second kappa shape index (κ2) is 6.81. The molecule has 0 spiro atoms. The van der Waals surface area contributed by atoms with E-state index in [9.17, 15) is 4.79 Å². The topological polar surface area (TPSA) is 42.7 Å². The maximum Gasteiger partial charge on any atom is 0.341 e. The monoisotopic (exact) mass is 327 g/mol. The summed E-state index contributed by atoms with van der Waals surface area (Å²) in [6.45, 7) is 7.88. The summed E-state index contributed by atoms with van der Waals surface area (Å²) in [4.78, 5) is 14.2. The van der Waals surface area contributed by atoms with Gasteiger partial charge < -0.3 is 9.15 Å². The molecule has 0 aliphatic carbocycles. The summed E-state index contributed by atoms with van der Waals surface area (Å²) in [6, 6.07) is 8.96. The molecule has 1 atom stereocenters. The third-order valence-corrected chi connectivity index (χ3v) is 5.01. The van der Waals surface area contributed by atoms with E-state index in [2.05, 4.69) is 36.9 Å². The largest absolute Gasteiger partial charge is 0.465 e. The van der Waals surface area contributed by atoms with Gasteiger partial charge in [-0.05, 0) is 62.9 Å². The number of carbonyl (C=O) groups excluding carboxylic acids is 1. The summed E-state index contributed by atoms with van der Waals surface area (Å²) in [5, 5.41) is 0. The van der Waals surface area contributed by atoms with Crippen LogP contribution in [0.25, 0.3) is 0 Å². The van der Waals surface area contributed by atoms with Crippen LogP contribution < -0.4 is 0 Å². The number of hydrogen-bond acceptors (Lipinski definition) is 4. The number of esters is 1. The Morgan fingerprint density at radius 3 is 2.75 bits per heavy atom. The molecule has 4 heteroatoms. The molecule has 1 saturated heterocycles. The van der Waals surface area contributed by atoms with Crippen molar-refractivity contribution in [3.8, 4) is 0 Å². The fourth-order valence-electron chi connectivity index (χ4n) is 3.50. The van der Waals surface area contributed by atoms with E-state index in [1.54, 1.807) is 6.92 Å². The van der Waals surface area contributed by atoms with Crippen molar-refractivity contribution in [2.45, 2.75) is 46.2 Å². The third kappa shape index (κ3) is 3.24. The molecule has 3 rings (SSSR count). The number of likely N-dealkylation sites (tertiary alicyclic amines) is 1. The van der Waals surface area contributed by atoms with Crippen LogP contribution in [-0.4, -0.2) is 24.5 Å². The second-order valence-corrected chi connectivity index (χ2v) is 6.65. The quantitative estimate of drug-likeness (QED) is 0.784. The smallest absolute Gasteiger partial charge is 0.341 e. The van der Waals surface area contributed by atoms with Gasteiger partial charge in [0.2, 0.25) is 0 Å². The molecule has 1 aliphatic rings. The van der Waals surface area contributed by atoms with E-state index in [0.29, 0.717) is 17.4 Å². The maximum absolute atomic E-state index is 11.7. The average Bonchev–Trinajstić information content (AvgIpc) is 3.16. The second-order valence-electron chi connectivity index (χ2n) is 6.65. The first-order valence-corrected chi connectivity index (χ1v) is 8.48. The molecule has 1 aromatic heterocycles. The van der Waals surface area contributed by atoms with Gasteiger partial charge in [-0.25, -0.2) is 4.79 Å². The minimum absolute atomic E-state index is 0.338. The molecular weight excluding hydrogens is 302 g/mol. The number of carbonyl (C=O) groups is 1. The van der Waals surface area contributed by atoms with Crippen molar-refractivity contribution in [3.63, 3.8) is 0 Å². The maximum atomic E-state index is 11.7. The van der Waals surface area contributed by atoms with Crippen LogP contribution in [0.1, 0.15) is 57.5 Å². The zero-order valence-corrected chi connectivity index (χ0v) is 14.9. The number of nitrogens with zero attached hydrogens (tertiary/aromatic N) is 1. The van der Waals surface area contributed by atoms with Crippen molar-refractivity contribution >= 4 is 5.97 Å². The van der Waals surface area contributed by atoms with Crippen LogP contribution in [-0.2, 0) is 11.3 Å². The lowest BCUT2D eigenvalue weighted by molar-refractivity contribution is 0.0599. The number of aryl methyl sites for hydroxylation is 3. The Bertz CT molecular complexity index is 747. The number of ether oxygens (including phenoxy) is 1. The first-order chi connectivity index (χ1) is 11.5. The lowest BCUT2D eigenvalue weighted by Gasteiger charge is -2.24. The van der Waals surface area contributed by atoms with E-state index in [1.165, 1.54) is 30.2 Å². The average molecular weight is 327 g/mol. The minimum Gasteiger partial charge on any atom is -0.465 e. The van der Waals surface area contributed by atoms with Crippen LogP contribution in [0.5, 0.6) is 0 Å². The minimum atomic E-state index is -0.338. The molecule has 2 aromatic rings. The van der Waals surface area contributed by atoms with Crippen molar-refractivity contribution < 1.29 is 13.9 Å². The zero-order valence-electron chi connectivity index (χ0n) is 14.9. The number of benzene rings is 1. The van der Waals surface area contributed by atoms with Gasteiger partial charge in [0, 0.05) is 6.04 Å². The molecule has 0 N–H and O–H groups in total.